The van der Waals surface area contributed by atoms with Gasteiger partial charge in [-0.25, -0.2) is 4.79 Å². The first-order valence-electron chi connectivity index (χ1n) is 12.5. The van der Waals surface area contributed by atoms with Gasteiger partial charge in [-0.3, -0.25) is 4.79 Å². The summed E-state index contributed by atoms with van der Waals surface area (Å²) in [6, 6.07) is 12.8. The highest BCUT2D eigenvalue weighted by molar-refractivity contribution is 6.26. The SMILES string of the molecule is C=CCOc1cc(C(C(=O)O)=C(Cc2cc(OC)c(OC)c(OC)c2)C(=O)c2ccc(OC)cc2)cc2c1OCO2. The van der Waals surface area contributed by atoms with Crippen LogP contribution in [0.1, 0.15) is 21.5 Å². The van der Waals surface area contributed by atoms with Crippen LogP contribution in [0.5, 0.6) is 40.2 Å². The monoisotopic (exact) mass is 562 g/mol. The van der Waals surface area contributed by atoms with Gasteiger partial charge in [-0.15, -0.1) is 0 Å². The van der Waals surface area contributed by atoms with Gasteiger partial charge in [0.25, 0.3) is 0 Å². The maximum Gasteiger partial charge on any atom is 0.336 e. The first-order chi connectivity index (χ1) is 19.8. The number of carboxylic acid groups (broad SMARTS) is 1. The van der Waals surface area contributed by atoms with Crippen LogP contribution in [0.3, 0.4) is 0 Å². The maximum atomic E-state index is 14.0. The Kier molecular flexibility index (Phi) is 9.03. The molecule has 1 heterocycles. The molecule has 0 saturated carbocycles. The number of ether oxygens (including phenoxy) is 7. The Morgan fingerprint density at radius 2 is 1.56 bits per heavy atom. The molecule has 41 heavy (non-hydrogen) atoms. The molecule has 0 aromatic heterocycles. The minimum Gasteiger partial charge on any atom is -0.497 e. The number of rotatable bonds is 13. The topological polar surface area (TPSA) is 119 Å². The number of ketones is 1. The van der Waals surface area contributed by atoms with E-state index in [0.29, 0.717) is 40.1 Å². The molecule has 0 aliphatic carbocycles. The number of Topliss-reactive ketones (excluding diaryl/α,β-unsaturated/α-hetero) is 1. The molecule has 0 radical (unpaired) electrons. The van der Waals surface area contributed by atoms with Crippen molar-refractivity contribution in [3.63, 3.8) is 0 Å². The normalized spacial score (nSPS) is 12.2. The molecule has 0 atom stereocenters. The van der Waals surface area contributed by atoms with Crippen molar-refractivity contribution in [1.82, 2.24) is 0 Å². The first-order valence-corrected chi connectivity index (χ1v) is 12.5. The second kappa shape index (κ2) is 12.8. The summed E-state index contributed by atoms with van der Waals surface area (Å²) in [5.41, 5.74) is 0.798. The molecule has 0 fully saturated rings. The molecule has 10 nitrogen and oxygen atoms in total. The highest BCUT2D eigenvalue weighted by Crippen LogP contribution is 2.45. The third kappa shape index (κ3) is 6.06. The number of fused-ring (bicyclic) bond motifs is 1. The number of carbonyl (C=O) groups is 2. The van der Waals surface area contributed by atoms with E-state index in [1.807, 2.05) is 0 Å². The fourth-order valence-corrected chi connectivity index (χ4v) is 4.45. The predicted molar refractivity (Wildman–Crippen MR) is 150 cm³/mol. The Labute approximate surface area is 237 Å². The molecule has 1 aliphatic rings. The smallest absolute Gasteiger partial charge is 0.336 e. The number of methoxy groups -OCH3 is 4. The van der Waals surface area contributed by atoms with Crippen LogP contribution in [0.25, 0.3) is 5.57 Å². The van der Waals surface area contributed by atoms with Gasteiger partial charge in [-0.05, 0) is 59.7 Å². The molecule has 0 amide bonds. The summed E-state index contributed by atoms with van der Waals surface area (Å²) in [7, 11) is 5.94. The van der Waals surface area contributed by atoms with E-state index in [1.165, 1.54) is 40.6 Å². The van der Waals surface area contributed by atoms with Gasteiger partial charge >= 0.3 is 5.97 Å². The number of carbonyl (C=O) groups excluding carboxylic acids is 1. The molecule has 3 aromatic rings. The lowest BCUT2D eigenvalue weighted by molar-refractivity contribution is -0.130. The van der Waals surface area contributed by atoms with Gasteiger partial charge in [0.15, 0.2) is 28.8 Å². The van der Waals surface area contributed by atoms with E-state index in [2.05, 4.69) is 6.58 Å². The first kappa shape index (κ1) is 28.9. The largest absolute Gasteiger partial charge is 0.497 e. The zero-order valence-corrected chi connectivity index (χ0v) is 23.1. The van der Waals surface area contributed by atoms with Gasteiger partial charge in [-0.2, -0.15) is 0 Å². The number of aliphatic carboxylic acids is 1. The maximum absolute atomic E-state index is 14.0. The average Bonchev–Trinajstić information content (AvgIpc) is 3.47. The van der Waals surface area contributed by atoms with Crippen LogP contribution in [0.4, 0.5) is 0 Å². The summed E-state index contributed by atoms with van der Waals surface area (Å²) in [5, 5.41) is 10.5. The number of hydrogen-bond acceptors (Lipinski definition) is 9. The lowest BCUT2D eigenvalue weighted by Crippen LogP contribution is -2.14. The van der Waals surface area contributed by atoms with E-state index >= 15 is 0 Å². The Morgan fingerprint density at radius 1 is 0.878 bits per heavy atom. The van der Waals surface area contributed by atoms with E-state index in [4.69, 9.17) is 33.2 Å². The van der Waals surface area contributed by atoms with Crippen molar-refractivity contribution >= 4 is 17.3 Å². The summed E-state index contributed by atoms with van der Waals surface area (Å²) < 4.78 is 38.4. The van der Waals surface area contributed by atoms with Gasteiger partial charge < -0.3 is 38.3 Å². The summed E-state index contributed by atoms with van der Waals surface area (Å²) in [6.45, 7) is 3.75. The molecule has 4 rings (SSSR count). The third-order valence-corrected chi connectivity index (χ3v) is 6.33. The predicted octanol–water partition coefficient (Wildman–Crippen LogP) is 4.98. The average molecular weight is 563 g/mol. The van der Waals surface area contributed by atoms with Crippen LogP contribution in [-0.4, -0.2) is 58.7 Å². The summed E-state index contributed by atoms with van der Waals surface area (Å²) in [4.78, 5) is 27.0. The summed E-state index contributed by atoms with van der Waals surface area (Å²) in [6.07, 6.45) is 1.46. The molecule has 214 valence electrons. The molecule has 1 aliphatic heterocycles. The summed E-state index contributed by atoms with van der Waals surface area (Å²) in [5.74, 6) is 0.721. The fourth-order valence-electron chi connectivity index (χ4n) is 4.45. The van der Waals surface area contributed by atoms with Gasteiger partial charge in [0.1, 0.15) is 12.4 Å². The molecule has 10 heteroatoms. The van der Waals surface area contributed by atoms with E-state index in [9.17, 15) is 14.7 Å². The van der Waals surface area contributed by atoms with Crippen LogP contribution >= 0.6 is 0 Å². The number of hydrogen-bond donors (Lipinski definition) is 1. The van der Waals surface area contributed by atoms with E-state index in [1.54, 1.807) is 42.5 Å². The Bertz CT molecular complexity index is 1460. The molecule has 0 spiro atoms. The van der Waals surface area contributed by atoms with Crippen LogP contribution in [0.2, 0.25) is 0 Å². The van der Waals surface area contributed by atoms with Crippen molar-refractivity contribution in [2.75, 3.05) is 41.8 Å². The Hall–Kier alpha value is -5.12. The minimum absolute atomic E-state index is 0.00507. The van der Waals surface area contributed by atoms with Crippen LogP contribution in [0, 0.1) is 0 Å². The highest BCUT2D eigenvalue weighted by atomic mass is 16.7. The zero-order valence-electron chi connectivity index (χ0n) is 23.1. The van der Waals surface area contributed by atoms with Crippen molar-refractivity contribution < 1.29 is 47.9 Å². The molecule has 0 bridgehead atoms. The van der Waals surface area contributed by atoms with Crippen molar-refractivity contribution in [2.45, 2.75) is 6.42 Å². The number of carboxylic acids is 1. The molecular weight excluding hydrogens is 532 g/mol. The van der Waals surface area contributed by atoms with Crippen LogP contribution < -0.4 is 33.2 Å². The molecule has 0 saturated heterocycles. The van der Waals surface area contributed by atoms with E-state index in [-0.39, 0.29) is 47.8 Å². The lowest BCUT2D eigenvalue weighted by Gasteiger charge is -2.17. The minimum atomic E-state index is -1.32. The molecule has 3 aromatic carbocycles. The lowest BCUT2D eigenvalue weighted by atomic mass is 9.89. The van der Waals surface area contributed by atoms with Gasteiger partial charge in [0.05, 0.1) is 34.0 Å². The van der Waals surface area contributed by atoms with Crippen LogP contribution in [-0.2, 0) is 11.2 Å². The Morgan fingerprint density at radius 3 is 2.12 bits per heavy atom. The zero-order chi connectivity index (χ0) is 29.5. The van der Waals surface area contributed by atoms with Gasteiger partial charge in [-0.1, -0.05) is 12.7 Å². The summed E-state index contributed by atoms with van der Waals surface area (Å²) >= 11 is 0. The second-order valence-corrected chi connectivity index (χ2v) is 8.73. The number of allylic oxidation sites excluding steroid dienone is 1. The van der Waals surface area contributed by atoms with Gasteiger partial charge in [0.2, 0.25) is 18.3 Å². The quantitative estimate of drug-likeness (QED) is 0.174. The molecule has 0 unspecified atom stereocenters. The van der Waals surface area contributed by atoms with Gasteiger partial charge in [0, 0.05) is 17.6 Å². The van der Waals surface area contributed by atoms with E-state index in [0.717, 1.165) is 0 Å². The van der Waals surface area contributed by atoms with E-state index < -0.39 is 11.8 Å². The standard InChI is InChI=1S/C31H30O10/c1-6-11-39-25-15-20(16-26-30(25)41-17-40-26)27(31(33)34)22(28(32)19-7-9-21(35-2)10-8-19)12-18-13-23(36-3)29(38-5)24(14-18)37-4/h6-10,13-16H,1,11-12,17H2,2-5H3,(H,33,34). The molecular formula is C31H30O10. The van der Waals surface area contributed by atoms with Crippen molar-refractivity contribution in [2.24, 2.45) is 0 Å². The van der Waals surface area contributed by atoms with Crippen LogP contribution in [0.15, 0.2) is 66.8 Å². The third-order valence-electron chi connectivity index (χ3n) is 6.33. The second-order valence-electron chi connectivity index (χ2n) is 8.73. The molecule has 1 N–H and O–H groups in total. The fraction of sp³-hybridized carbons (Fsp3) is 0.226. The van der Waals surface area contributed by atoms with Crippen molar-refractivity contribution in [1.29, 1.82) is 0 Å². The number of benzene rings is 3. The van der Waals surface area contributed by atoms with Crippen molar-refractivity contribution in [3.8, 4) is 40.2 Å². The highest BCUT2D eigenvalue weighted by Gasteiger charge is 2.29. The van der Waals surface area contributed by atoms with Crippen molar-refractivity contribution in [3.05, 3.63) is 83.4 Å². The Balaban J connectivity index is 1.95.